The normalized spacial score (nSPS) is 11.3. The molecular weight excluding hydrogens is 466 g/mol. The number of nitrogens with zero attached hydrogens (tertiary/aromatic N) is 1. The van der Waals surface area contributed by atoms with E-state index in [0.717, 1.165) is 10.8 Å². The maximum absolute atomic E-state index is 12.5. The second-order valence-electron chi connectivity index (χ2n) is 7.54. The lowest BCUT2D eigenvalue weighted by Crippen LogP contribution is -2.17. The molecule has 176 valence electrons. The van der Waals surface area contributed by atoms with Crippen molar-refractivity contribution in [1.82, 2.24) is 5.43 Å². The highest BCUT2D eigenvalue weighted by atomic mass is 32.2. The third-order valence-electron chi connectivity index (χ3n) is 4.96. The van der Waals surface area contributed by atoms with Crippen molar-refractivity contribution in [3.05, 3.63) is 102 Å². The number of fused-ring (bicyclic) bond motifs is 1. The second kappa shape index (κ2) is 10.2. The molecule has 0 unspecified atom stereocenters. The van der Waals surface area contributed by atoms with E-state index in [1.54, 1.807) is 18.2 Å². The predicted octanol–water partition coefficient (Wildman–Crippen LogP) is 4.33. The summed E-state index contributed by atoms with van der Waals surface area (Å²) >= 11 is 0. The lowest BCUT2D eigenvalue weighted by molar-refractivity contribution is -0.114. The third-order valence-corrected chi connectivity index (χ3v) is 6.22. The Balaban J connectivity index is 1.38. The number of hydrogen-bond donors (Lipinski definition) is 2. The fourth-order valence-electron chi connectivity index (χ4n) is 3.34. The monoisotopic (exact) mass is 487 g/mol. The van der Waals surface area contributed by atoms with Crippen LogP contribution in [0.3, 0.4) is 0 Å². The highest BCUT2D eigenvalue weighted by Gasteiger charge is 2.16. The van der Waals surface area contributed by atoms with Gasteiger partial charge in [-0.25, -0.2) is 5.43 Å². The number of carbonyl (C=O) groups excluding carboxylic acids is 2. The first-order chi connectivity index (χ1) is 16.8. The van der Waals surface area contributed by atoms with Gasteiger partial charge >= 0.3 is 10.1 Å². The van der Waals surface area contributed by atoms with Crippen LogP contribution in [0.2, 0.25) is 0 Å². The van der Waals surface area contributed by atoms with Crippen molar-refractivity contribution in [3.8, 4) is 5.75 Å². The Labute approximate surface area is 202 Å². The minimum Gasteiger partial charge on any atom is -0.379 e. The first-order valence-electron chi connectivity index (χ1n) is 10.6. The van der Waals surface area contributed by atoms with Gasteiger partial charge in [0.25, 0.3) is 5.91 Å². The Morgan fingerprint density at radius 1 is 0.857 bits per heavy atom. The molecule has 2 N–H and O–H groups in total. The highest BCUT2D eigenvalue weighted by molar-refractivity contribution is 7.87. The zero-order valence-corrected chi connectivity index (χ0v) is 19.5. The van der Waals surface area contributed by atoms with Crippen LogP contribution >= 0.6 is 0 Å². The average Bonchev–Trinajstić information content (AvgIpc) is 2.84. The number of hydrogen-bond acceptors (Lipinski definition) is 6. The lowest BCUT2D eigenvalue weighted by atomic mass is 10.0. The summed E-state index contributed by atoms with van der Waals surface area (Å²) in [7, 11) is -4.05. The Bertz CT molecular complexity index is 1510. The van der Waals surface area contributed by atoms with Gasteiger partial charge < -0.3 is 9.50 Å². The Hall–Kier alpha value is -4.50. The number of amides is 2. The van der Waals surface area contributed by atoms with Gasteiger partial charge in [0.1, 0.15) is 10.6 Å². The summed E-state index contributed by atoms with van der Waals surface area (Å²) in [5.41, 5.74) is 4.13. The molecule has 4 rings (SSSR count). The van der Waals surface area contributed by atoms with Crippen LogP contribution in [-0.2, 0) is 14.9 Å². The topological polar surface area (TPSA) is 114 Å². The van der Waals surface area contributed by atoms with E-state index in [9.17, 15) is 18.0 Å². The van der Waals surface area contributed by atoms with Gasteiger partial charge in [-0.15, -0.1) is 0 Å². The van der Waals surface area contributed by atoms with Gasteiger partial charge in [-0.2, -0.15) is 13.5 Å². The maximum atomic E-state index is 12.5. The van der Waals surface area contributed by atoms with Gasteiger partial charge in [-0.05, 0) is 70.9 Å². The van der Waals surface area contributed by atoms with Crippen molar-refractivity contribution in [3.63, 3.8) is 0 Å². The van der Waals surface area contributed by atoms with Crippen molar-refractivity contribution >= 4 is 44.6 Å². The van der Waals surface area contributed by atoms with E-state index < -0.39 is 10.1 Å². The number of anilines is 1. The molecule has 0 aliphatic rings. The standard InChI is InChI=1S/C26H21N3O5S/c1-18(30)28-21-11-15-23(16-12-21)35(32,33)34-22-13-9-19(10-14-22)17-27-29-26(31)25-8-4-6-20-5-2-3-7-24(20)25/h2-17H,1H3,(H,28,30)(H,29,31)/b27-17-. The van der Waals surface area contributed by atoms with Crippen molar-refractivity contribution < 1.29 is 22.2 Å². The first-order valence-corrected chi connectivity index (χ1v) is 12.0. The SMILES string of the molecule is CC(=O)Nc1ccc(S(=O)(=O)Oc2ccc(/C=N\NC(=O)c3cccc4ccccc34)cc2)cc1. The fourth-order valence-corrected chi connectivity index (χ4v) is 4.27. The molecule has 0 heterocycles. The van der Waals surface area contributed by atoms with E-state index in [2.05, 4.69) is 15.8 Å². The number of rotatable bonds is 7. The molecule has 0 atom stereocenters. The van der Waals surface area contributed by atoms with Crippen molar-refractivity contribution in [1.29, 1.82) is 0 Å². The second-order valence-corrected chi connectivity index (χ2v) is 9.08. The maximum Gasteiger partial charge on any atom is 0.339 e. The van der Waals surface area contributed by atoms with E-state index in [4.69, 9.17) is 4.18 Å². The van der Waals surface area contributed by atoms with Crippen LogP contribution in [0.1, 0.15) is 22.8 Å². The molecule has 35 heavy (non-hydrogen) atoms. The molecule has 0 radical (unpaired) electrons. The van der Waals surface area contributed by atoms with Crippen molar-refractivity contribution in [2.24, 2.45) is 5.10 Å². The molecule has 8 nitrogen and oxygen atoms in total. The van der Waals surface area contributed by atoms with Gasteiger partial charge in [0, 0.05) is 18.2 Å². The summed E-state index contributed by atoms with van der Waals surface area (Å²) in [5, 5.41) is 8.34. The Morgan fingerprint density at radius 2 is 1.54 bits per heavy atom. The summed E-state index contributed by atoms with van der Waals surface area (Å²) in [6.07, 6.45) is 1.45. The number of nitrogens with one attached hydrogen (secondary N) is 2. The van der Waals surface area contributed by atoms with Gasteiger partial charge in [0.05, 0.1) is 6.21 Å². The molecule has 0 aliphatic heterocycles. The van der Waals surface area contributed by atoms with Gasteiger partial charge in [0.2, 0.25) is 5.91 Å². The van der Waals surface area contributed by atoms with Crippen molar-refractivity contribution in [2.45, 2.75) is 11.8 Å². The van der Waals surface area contributed by atoms with E-state index in [1.165, 1.54) is 49.5 Å². The highest BCUT2D eigenvalue weighted by Crippen LogP contribution is 2.21. The van der Waals surface area contributed by atoms with Crippen molar-refractivity contribution in [2.75, 3.05) is 5.32 Å². The molecule has 0 aromatic heterocycles. The zero-order chi connectivity index (χ0) is 24.8. The van der Waals surface area contributed by atoms with E-state index in [1.807, 2.05) is 36.4 Å². The van der Waals surface area contributed by atoms with Crippen LogP contribution in [-0.4, -0.2) is 26.4 Å². The lowest BCUT2D eigenvalue weighted by Gasteiger charge is -2.08. The molecule has 0 bridgehead atoms. The summed E-state index contributed by atoms with van der Waals surface area (Å²) in [6, 6.07) is 24.9. The number of benzene rings is 4. The van der Waals surface area contributed by atoms with Gasteiger partial charge in [-0.3, -0.25) is 9.59 Å². The minimum atomic E-state index is -4.05. The summed E-state index contributed by atoms with van der Waals surface area (Å²) in [4.78, 5) is 23.6. The van der Waals surface area contributed by atoms with Crippen LogP contribution in [0.15, 0.2) is 101 Å². The largest absolute Gasteiger partial charge is 0.379 e. The predicted molar refractivity (Wildman–Crippen MR) is 134 cm³/mol. The summed E-state index contributed by atoms with van der Waals surface area (Å²) < 4.78 is 30.2. The first kappa shape index (κ1) is 23.7. The summed E-state index contributed by atoms with van der Waals surface area (Å²) in [6.45, 7) is 1.36. The molecule has 9 heteroatoms. The molecular formula is C26H21N3O5S. The molecule has 4 aromatic carbocycles. The Morgan fingerprint density at radius 3 is 2.26 bits per heavy atom. The smallest absolute Gasteiger partial charge is 0.339 e. The Kier molecular flexibility index (Phi) is 6.88. The van der Waals surface area contributed by atoms with Crippen LogP contribution in [0, 0.1) is 0 Å². The third kappa shape index (κ3) is 5.90. The van der Waals surface area contributed by atoms with E-state index in [0.29, 0.717) is 16.8 Å². The molecule has 0 saturated heterocycles. The van der Waals surface area contributed by atoms with Crippen LogP contribution in [0.4, 0.5) is 5.69 Å². The molecule has 4 aromatic rings. The quantitative estimate of drug-likeness (QED) is 0.229. The minimum absolute atomic E-state index is 0.0478. The number of hydrazone groups is 1. The molecule has 0 fully saturated rings. The van der Waals surface area contributed by atoms with Crippen LogP contribution in [0.25, 0.3) is 10.8 Å². The molecule has 0 aliphatic carbocycles. The van der Waals surface area contributed by atoms with Crippen LogP contribution in [0.5, 0.6) is 5.75 Å². The molecule has 2 amide bonds. The molecule has 0 saturated carbocycles. The fraction of sp³-hybridized carbons (Fsp3) is 0.0385. The van der Waals surface area contributed by atoms with Gasteiger partial charge in [-0.1, -0.05) is 36.4 Å². The number of carbonyl (C=O) groups is 2. The van der Waals surface area contributed by atoms with E-state index in [-0.39, 0.29) is 22.5 Å². The summed E-state index contributed by atoms with van der Waals surface area (Å²) in [5.74, 6) is -0.477. The molecule has 0 spiro atoms. The van der Waals surface area contributed by atoms with E-state index >= 15 is 0 Å². The average molecular weight is 488 g/mol. The zero-order valence-electron chi connectivity index (χ0n) is 18.6. The van der Waals surface area contributed by atoms with Crippen LogP contribution < -0.4 is 14.9 Å². The van der Waals surface area contributed by atoms with Gasteiger partial charge in [0.15, 0.2) is 0 Å².